The molecule has 0 saturated heterocycles. The fourth-order valence-electron chi connectivity index (χ4n) is 2.44. The molecule has 1 aliphatic rings. The molecule has 0 unspecified atom stereocenters. The number of hydrogen-bond donors (Lipinski definition) is 0. The van der Waals surface area contributed by atoms with Crippen LogP contribution in [0.4, 0.5) is 0 Å². The molecule has 0 spiro atoms. The molecule has 1 aliphatic carbocycles. The Balaban J connectivity index is 1.80. The van der Waals surface area contributed by atoms with Crippen molar-refractivity contribution < 1.29 is 9.59 Å². The Morgan fingerprint density at radius 3 is 2.58 bits per heavy atom. The molecule has 0 bridgehead atoms. The average Bonchev–Trinajstić information content (AvgIpc) is 2.79. The zero-order chi connectivity index (χ0) is 13.2. The molecule has 0 saturated carbocycles. The highest BCUT2D eigenvalue weighted by Crippen LogP contribution is 2.21. The van der Waals surface area contributed by atoms with Gasteiger partial charge in [0, 0.05) is 37.2 Å². The lowest BCUT2D eigenvalue weighted by Gasteiger charge is -2.04. The van der Waals surface area contributed by atoms with Crippen LogP contribution < -0.4 is 0 Å². The zero-order valence-electron chi connectivity index (χ0n) is 10.4. The Morgan fingerprint density at radius 1 is 1.05 bits per heavy atom. The lowest BCUT2D eigenvalue weighted by atomic mass is 10.0. The van der Waals surface area contributed by atoms with Gasteiger partial charge in [-0.3, -0.25) is 14.6 Å². The van der Waals surface area contributed by atoms with Crippen molar-refractivity contribution in [2.24, 2.45) is 0 Å². The third kappa shape index (κ3) is 2.45. The van der Waals surface area contributed by atoms with Gasteiger partial charge in [-0.1, -0.05) is 18.2 Å². The molecular weight excluding hydrogens is 238 g/mol. The Morgan fingerprint density at radius 2 is 1.79 bits per heavy atom. The number of ketones is 2. The Kier molecular flexibility index (Phi) is 2.95. The van der Waals surface area contributed by atoms with Crippen LogP contribution in [0.1, 0.15) is 27.0 Å². The number of benzene rings is 1. The van der Waals surface area contributed by atoms with E-state index in [-0.39, 0.29) is 11.6 Å². The van der Waals surface area contributed by atoms with E-state index < -0.39 is 0 Å². The predicted octanol–water partition coefficient (Wildman–Crippen LogP) is 2.17. The largest absolute Gasteiger partial charge is 0.299 e. The number of aromatic nitrogens is 1. The van der Waals surface area contributed by atoms with Gasteiger partial charge >= 0.3 is 0 Å². The van der Waals surface area contributed by atoms with Crippen molar-refractivity contribution in [1.82, 2.24) is 4.98 Å². The molecular formula is C16H13NO2. The van der Waals surface area contributed by atoms with Crippen LogP contribution in [-0.4, -0.2) is 16.6 Å². The summed E-state index contributed by atoms with van der Waals surface area (Å²) in [5.74, 6) is 0.333. The first kappa shape index (κ1) is 11.8. The van der Waals surface area contributed by atoms with Gasteiger partial charge in [-0.15, -0.1) is 0 Å². The fraction of sp³-hybridized carbons (Fsp3) is 0.188. The first-order chi connectivity index (χ1) is 9.22. The number of Topliss-reactive ketones (excluding diaryl/α,β-unsaturated/α-hetero) is 2. The first-order valence-corrected chi connectivity index (χ1v) is 6.28. The molecule has 1 aromatic heterocycles. The number of nitrogens with zero attached hydrogens (tertiary/aromatic N) is 1. The Bertz CT molecular complexity index is 647. The summed E-state index contributed by atoms with van der Waals surface area (Å²) in [7, 11) is 0. The highest BCUT2D eigenvalue weighted by Gasteiger charge is 2.18. The van der Waals surface area contributed by atoms with Gasteiger partial charge in [0.15, 0.2) is 5.78 Å². The summed E-state index contributed by atoms with van der Waals surface area (Å²) < 4.78 is 0. The molecule has 94 valence electrons. The summed E-state index contributed by atoms with van der Waals surface area (Å²) >= 11 is 0. The summed E-state index contributed by atoms with van der Waals surface area (Å²) in [5, 5.41) is 0. The van der Waals surface area contributed by atoms with Crippen LogP contribution in [0, 0.1) is 0 Å². The van der Waals surface area contributed by atoms with E-state index in [9.17, 15) is 9.59 Å². The second-order valence-corrected chi connectivity index (χ2v) is 4.83. The van der Waals surface area contributed by atoms with Crippen LogP contribution in [-0.2, 0) is 24.1 Å². The maximum Gasteiger partial charge on any atom is 0.167 e. The molecule has 1 heterocycles. The topological polar surface area (TPSA) is 47.0 Å². The molecule has 0 radical (unpaired) electrons. The van der Waals surface area contributed by atoms with E-state index in [4.69, 9.17) is 0 Å². The van der Waals surface area contributed by atoms with Crippen molar-refractivity contribution in [2.45, 2.75) is 19.3 Å². The summed E-state index contributed by atoms with van der Waals surface area (Å²) in [4.78, 5) is 27.4. The number of fused-ring (bicyclic) bond motifs is 1. The van der Waals surface area contributed by atoms with E-state index in [1.807, 2.05) is 18.2 Å². The number of pyridine rings is 1. The summed E-state index contributed by atoms with van der Waals surface area (Å²) in [6.45, 7) is 0. The molecule has 2 aromatic rings. The van der Waals surface area contributed by atoms with Crippen molar-refractivity contribution in [3.63, 3.8) is 0 Å². The Labute approximate surface area is 111 Å². The van der Waals surface area contributed by atoms with Crippen molar-refractivity contribution in [1.29, 1.82) is 0 Å². The number of carbonyl (C=O) groups excluding carboxylic acids is 2. The molecule has 0 fully saturated rings. The summed E-state index contributed by atoms with van der Waals surface area (Å²) in [6, 6.07) is 9.34. The SMILES string of the molecule is O=C1Cc2ccc(CC(=O)c3ccncc3)cc2C1. The second-order valence-electron chi connectivity index (χ2n) is 4.83. The third-order valence-corrected chi connectivity index (χ3v) is 3.41. The highest BCUT2D eigenvalue weighted by molar-refractivity contribution is 5.97. The molecule has 3 heteroatoms. The average molecular weight is 251 g/mol. The van der Waals surface area contributed by atoms with Gasteiger partial charge in [-0.05, 0) is 28.8 Å². The number of hydrogen-bond acceptors (Lipinski definition) is 3. The fourth-order valence-corrected chi connectivity index (χ4v) is 2.44. The van der Waals surface area contributed by atoms with E-state index in [1.165, 1.54) is 0 Å². The normalized spacial score (nSPS) is 13.4. The standard InChI is InChI=1S/C16H13NO2/c18-15-9-13-2-1-11(7-14(13)10-15)8-16(19)12-3-5-17-6-4-12/h1-7H,8-10H2. The molecule has 0 atom stereocenters. The van der Waals surface area contributed by atoms with Gasteiger partial charge in [0.1, 0.15) is 5.78 Å². The van der Waals surface area contributed by atoms with E-state index >= 15 is 0 Å². The Hall–Kier alpha value is -2.29. The van der Waals surface area contributed by atoms with Gasteiger partial charge in [0.05, 0.1) is 0 Å². The minimum Gasteiger partial charge on any atom is -0.299 e. The third-order valence-electron chi connectivity index (χ3n) is 3.41. The minimum absolute atomic E-state index is 0.0756. The number of carbonyl (C=O) groups is 2. The van der Waals surface area contributed by atoms with E-state index in [2.05, 4.69) is 4.98 Å². The lowest BCUT2D eigenvalue weighted by molar-refractivity contribution is -0.117. The van der Waals surface area contributed by atoms with Gasteiger partial charge < -0.3 is 0 Å². The molecule has 0 amide bonds. The van der Waals surface area contributed by atoms with Crippen LogP contribution in [0.2, 0.25) is 0 Å². The van der Waals surface area contributed by atoms with Gasteiger partial charge in [-0.25, -0.2) is 0 Å². The summed E-state index contributed by atoms with van der Waals surface area (Å²) in [5.41, 5.74) is 3.82. The van der Waals surface area contributed by atoms with Gasteiger partial charge in [-0.2, -0.15) is 0 Å². The van der Waals surface area contributed by atoms with Crippen LogP contribution in [0.25, 0.3) is 0 Å². The first-order valence-electron chi connectivity index (χ1n) is 6.28. The van der Waals surface area contributed by atoms with Crippen LogP contribution in [0.5, 0.6) is 0 Å². The molecule has 19 heavy (non-hydrogen) atoms. The van der Waals surface area contributed by atoms with Crippen molar-refractivity contribution in [3.8, 4) is 0 Å². The van der Waals surface area contributed by atoms with Crippen molar-refractivity contribution in [3.05, 3.63) is 65.0 Å². The molecule has 0 aliphatic heterocycles. The molecule has 0 N–H and O–H groups in total. The smallest absolute Gasteiger partial charge is 0.167 e. The van der Waals surface area contributed by atoms with Gasteiger partial charge in [0.2, 0.25) is 0 Å². The van der Waals surface area contributed by atoms with Crippen LogP contribution in [0.3, 0.4) is 0 Å². The number of rotatable bonds is 3. The maximum absolute atomic E-state index is 12.1. The predicted molar refractivity (Wildman–Crippen MR) is 71.1 cm³/mol. The second kappa shape index (κ2) is 4.76. The molecule has 1 aromatic carbocycles. The zero-order valence-corrected chi connectivity index (χ0v) is 10.4. The van der Waals surface area contributed by atoms with Crippen molar-refractivity contribution in [2.75, 3.05) is 0 Å². The monoisotopic (exact) mass is 251 g/mol. The molecule has 3 rings (SSSR count). The van der Waals surface area contributed by atoms with Crippen molar-refractivity contribution >= 4 is 11.6 Å². The molecule has 3 nitrogen and oxygen atoms in total. The summed E-state index contributed by atoms with van der Waals surface area (Å²) in [6.07, 6.45) is 4.65. The van der Waals surface area contributed by atoms with E-state index in [1.54, 1.807) is 24.5 Å². The maximum atomic E-state index is 12.1. The minimum atomic E-state index is 0.0756. The van der Waals surface area contributed by atoms with Crippen LogP contribution >= 0.6 is 0 Å². The lowest BCUT2D eigenvalue weighted by Crippen LogP contribution is -2.04. The van der Waals surface area contributed by atoms with Crippen LogP contribution in [0.15, 0.2) is 42.7 Å². The van der Waals surface area contributed by atoms with Gasteiger partial charge in [0.25, 0.3) is 0 Å². The van der Waals surface area contributed by atoms with E-state index in [0.29, 0.717) is 24.8 Å². The highest BCUT2D eigenvalue weighted by atomic mass is 16.1. The quantitative estimate of drug-likeness (QED) is 0.785. The van der Waals surface area contributed by atoms with E-state index in [0.717, 1.165) is 16.7 Å².